The average molecular weight is 271 g/mol. The molecule has 1 aromatic carbocycles. The molecule has 1 aliphatic heterocycles. The highest BCUT2D eigenvalue weighted by molar-refractivity contribution is 5.79. The van der Waals surface area contributed by atoms with Gasteiger partial charge in [-0.1, -0.05) is 12.1 Å². The maximum Gasteiger partial charge on any atom is 0.171 e. The smallest absolute Gasteiger partial charge is 0.171 e. The number of nitrogens with two attached hydrogens (primary N) is 1. The topological polar surface area (TPSA) is 67.1 Å². The molecule has 5 heteroatoms. The Morgan fingerprint density at radius 3 is 2.75 bits per heavy atom. The van der Waals surface area contributed by atoms with Crippen LogP contribution in [0.5, 0.6) is 0 Å². The molecule has 20 heavy (non-hydrogen) atoms. The normalized spacial score (nSPS) is 19.1. The van der Waals surface area contributed by atoms with Gasteiger partial charge in [-0.25, -0.2) is 9.97 Å². The van der Waals surface area contributed by atoms with Gasteiger partial charge >= 0.3 is 0 Å². The lowest BCUT2D eigenvalue weighted by Crippen LogP contribution is -2.37. The van der Waals surface area contributed by atoms with Crippen LogP contribution in [0.15, 0.2) is 24.3 Å². The highest BCUT2D eigenvalue weighted by atomic mass is 15.2. The van der Waals surface area contributed by atoms with Crippen molar-refractivity contribution in [2.45, 2.75) is 12.8 Å². The maximum absolute atomic E-state index is 6.06. The van der Waals surface area contributed by atoms with Crippen LogP contribution in [0.1, 0.15) is 12.8 Å². The fourth-order valence-electron chi connectivity index (χ4n) is 2.84. The minimum atomic E-state index is 0.509. The molecule has 5 nitrogen and oxygen atoms in total. The molecule has 1 aliphatic rings. The van der Waals surface area contributed by atoms with Gasteiger partial charge in [0.2, 0.25) is 0 Å². The molecule has 1 aromatic heterocycles. The molecule has 0 bridgehead atoms. The van der Waals surface area contributed by atoms with Gasteiger partial charge in [-0.3, -0.25) is 0 Å². The number of nitrogens with zero attached hydrogens (tertiary/aromatic N) is 3. The van der Waals surface area contributed by atoms with Crippen molar-refractivity contribution in [3.8, 4) is 0 Å². The van der Waals surface area contributed by atoms with Gasteiger partial charge in [0.1, 0.15) is 0 Å². The highest BCUT2D eigenvalue weighted by Gasteiger charge is 2.18. The van der Waals surface area contributed by atoms with Gasteiger partial charge in [0, 0.05) is 13.6 Å². The Morgan fingerprint density at radius 2 is 2.05 bits per heavy atom. The van der Waals surface area contributed by atoms with Gasteiger partial charge in [0.05, 0.1) is 11.0 Å². The molecule has 3 rings (SSSR count). The summed E-state index contributed by atoms with van der Waals surface area (Å²) < 4.78 is 0. The lowest BCUT2D eigenvalue weighted by Gasteiger charge is -2.28. The van der Waals surface area contributed by atoms with Crippen LogP contribution < -0.4 is 16.0 Å². The molecule has 0 saturated carbocycles. The van der Waals surface area contributed by atoms with Crippen LogP contribution in [0, 0.1) is 5.92 Å². The van der Waals surface area contributed by atoms with Crippen molar-refractivity contribution in [1.82, 2.24) is 15.3 Å². The predicted octanol–water partition coefficient (Wildman–Crippen LogP) is 1.65. The zero-order chi connectivity index (χ0) is 13.9. The van der Waals surface area contributed by atoms with Crippen molar-refractivity contribution in [1.29, 1.82) is 0 Å². The summed E-state index contributed by atoms with van der Waals surface area (Å²) in [7, 11) is 2.05. The van der Waals surface area contributed by atoms with Crippen LogP contribution in [-0.4, -0.2) is 36.6 Å². The molecule has 0 radical (unpaired) electrons. The van der Waals surface area contributed by atoms with Crippen LogP contribution in [0.3, 0.4) is 0 Å². The Hall–Kier alpha value is -1.88. The number of anilines is 2. The summed E-state index contributed by atoms with van der Waals surface area (Å²) >= 11 is 0. The number of hydrogen-bond acceptors (Lipinski definition) is 5. The minimum absolute atomic E-state index is 0.509. The zero-order valence-corrected chi connectivity index (χ0v) is 11.8. The van der Waals surface area contributed by atoms with Gasteiger partial charge in [-0.2, -0.15) is 0 Å². The Kier molecular flexibility index (Phi) is 3.69. The van der Waals surface area contributed by atoms with Gasteiger partial charge in [0.25, 0.3) is 0 Å². The molecule has 0 aliphatic carbocycles. The number of benzene rings is 1. The summed E-state index contributed by atoms with van der Waals surface area (Å²) in [6.45, 7) is 3.17. The Balaban J connectivity index is 1.82. The average Bonchev–Trinajstić information content (AvgIpc) is 2.47. The van der Waals surface area contributed by atoms with Crippen molar-refractivity contribution in [2.24, 2.45) is 5.92 Å². The number of nitrogens with one attached hydrogen (secondary N) is 1. The van der Waals surface area contributed by atoms with Gasteiger partial charge in [-0.15, -0.1) is 0 Å². The Labute approximate surface area is 119 Å². The minimum Gasteiger partial charge on any atom is -0.381 e. The van der Waals surface area contributed by atoms with Crippen LogP contribution in [-0.2, 0) is 0 Å². The third-order valence-electron chi connectivity index (χ3n) is 3.87. The van der Waals surface area contributed by atoms with Crippen LogP contribution in [0.2, 0.25) is 0 Å². The molecule has 0 amide bonds. The lowest BCUT2D eigenvalue weighted by molar-refractivity contribution is 0.380. The first-order valence-electron chi connectivity index (χ1n) is 7.18. The largest absolute Gasteiger partial charge is 0.381 e. The SMILES string of the molecule is CN(C[C@H]1CCCNC1)c1nc2ccccc2nc1N. The maximum atomic E-state index is 6.06. The van der Waals surface area contributed by atoms with Crippen LogP contribution in [0.4, 0.5) is 11.6 Å². The molecule has 0 spiro atoms. The molecule has 106 valence electrons. The third-order valence-corrected chi connectivity index (χ3v) is 3.87. The monoisotopic (exact) mass is 271 g/mol. The molecule has 1 atom stereocenters. The molecule has 2 aromatic rings. The van der Waals surface area contributed by atoms with Crippen molar-refractivity contribution in [3.63, 3.8) is 0 Å². The molecule has 1 saturated heterocycles. The van der Waals surface area contributed by atoms with Crippen LogP contribution in [0.25, 0.3) is 11.0 Å². The van der Waals surface area contributed by atoms with Crippen molar-refractivity contribution < 1.29 is 0 Å². The van der Waals surface area contributed by atoms with Crippen molar-refractivity contribution in [2.75, 3.05) is 37.3 Å². The summed E-state index contributed by atoms with van der Waals surface area (Å²) in [6, 6.07) is 7.84. The van der Waals surface area contributed by atoms with Crippen LogP contribution >= 0.6 is 0 Å². The number of piperidine rings is 1. The molecule has 1 fully saturated rings. The van der Waals surface area contributed by atoms with E-state index in [0.717, 1.165) is 36.5 Å². The standard InChI is InChI=1S/C15H21N5/c1-20(10-11-5-4-8-17-9-11)15-14(16)18-12-6-2-3-7-13(12)19-15/h2-3,6-7,11,17H,4-5,8-10H2,1H3,(H2,16,18)/t11-/m0/s1. The predicted molar refractivity (Wildman–Crippen MR) is 82.8 cm³/mol. The summed E-state index contributed by atoms with van der Waals surface area (Å²) in [6.07, 6.45) is 2.51. The number of nitrogen functional groups attached to an aromatic ring is 1. The van der Waals surface area contributed by atoms with E-state index in [0.29, 0.717) is 11.7 Å². The first-order valence-corrected chi connectivity index (χ1v) is 7.18. The van der Waals surface area contributed by atoms with Crippen molar-refractivity contribution >= 4 is 22.7 Å². The number of rotatable bonds is 3. The van der Waals surface area contributed by atoms with Crippen molar-refractivity contribution in [3.05, 3.63) is 24.3 Å². The van der Waals surface area contributed by atoms with Gasteiger partial charge in [-0.05, 0) is 44.0 Å². The molecular formula is C15H21N5. The van der Waals surface area contributed by atoms with E-state index in [1.807, 2.05) is 31.3 Å². The van der Waals surface area contributed by atoms with E-state index < -0.39 is 0 Å². The van der Waals surface area contributed by atoms with Gasteiger partial charge < -0.3 is 16.0 Å². The Bertz CT molecular complexity index is 592. The fourth-order valence-corrected chi connectivity index (χ4v) is 2.84. The fraction of sp³-hybridized carbons (Fsp3) is 0.467. The van der Waals surface area contributed by atoms with E-state index in [1.54, 1.807) is 0 Å². The number of fused-ring (bicyclic) bond motifs is 1. The Morgan fingerprint density at radius 1 is 1.30 bits per heavy atom. The second kappa shape index (κ2) is 5.63. The second-order valence-corrected chi connectivity index (χ2v) is 5.51. The summed E-state index contributed by atoms with van der Waals surface area (Å²) in [5.74, 6) is 1.95. The molecule has 0 unspecified atom stereocenters. The number of para-hydroxylation sites is 2. The summed E-state index contributed by atoms with van der Waals surface area (Å²) in [5.41, 5.74) is 7.80. The van der Waals surface area contributed by atoms with E-state index >= 15 is 0 Å². The van der Waals surface area contributed by atoms with E-state index in [9.17, 15) is 0 Å². The quantitative estimate of drug-likeness (QED) is 0.888. The second-order valence-electron chi connectivity index (χ2n) is 5.51. The highest BCUT2D eigenvalue weighted by Crippen LogP contribution is 2.23. The summed E-state index contributed by atoms with van der Waals surface area (Å²) in [5, 5.41) is 3.44. The number of hydrogen-bond donors (Lipinski definition) is 2. The molecule has 3 N–H and O–H groups in total. The zero-order valence-electron chi connectivity index (χ0n) is 11.8. The lowest BCUT2D eigenvalue weighted by atomic mass is 9.99. The molecule has 2 heterocycles. The first kappa shape index (κ1) is 13.1. The summed E-state index contributed by atoms with van der Waals surface area (Å²) in [4.78, 5) is 11.2. The van der Waals surface area contributed by atoms with E-state index in [-0.39, 0.29) is 0 Å². The van der Waals surface area contributed by atoms with E-state index in [1.165, 1.54) is 12.8 Å². The first-order chi connectivity index (χ1) is 9.74. The van der Waals surface area contributed by atoms with Gasteiger partial charge in [0.15, 0.2) is 11.6 Å². The third kappa shape index (κ3) is 2.67. The number of aromatic nitrogens is 2. The molecular weight excluding hydrogens is 250 g/mol. The van der Waals surface area contributed by atoms with E-state index in [2.05, 4.69) is 20.2 Å². The van der Waals surface area contributed by atoms with E-state index in [4.69, 9.17) is 5.73 Å².